The van der Waals surface area contributed by atoms with Crippen LogP contribution in [0.2, 0.25) is 0 Å². The van der Waals surface area contributed by atoms with Gasteiger partial charge in [0.1, 0.15) is 11.5 Å². The van der Waals surface area contributed by atoms with Crippen LogP contribution >= 0.6 is 27.5 Å². The lowest BCUT2D eigenvalue weighted by Gasteiger charge is -2.18. The van der Waals surface area contributed by atoms with E-state index in [4.69, 9.17) is 21.1 Å². The van der Waals surface area contributed by atoms with Gasteiger partial charge in [-0.05, 0) is 54.8 Å². The molecule has 4 heteroatoms. The van der Waals surface area contributed by atoms with Crippen molar-refractivity contribution in [2.45, 2.75) is 19.2 Å². The van der Waals surface area contributed by atoms with Gasteiger partial charge in [0.05, 0.1) is 19.6 Å². The fraction of sp³-hybridized carbons (Fsp3) is 0.294. The number of hydrogen-bond donors (Lipinski definition) is 0. The van der Waals surface area contributed by atoms with Crippen LogP contribution in [0, 0.1) is 13.8 Å². The first kappa shape index (κ1) is 16.2. The normalized spacial score (nSPS) is 12.1. The van der Waals surface area contributed by atoms with Crippen molar-refractivity contribution in [3.8, 4) is 11.5 Å². The molecule has 0 N–H and O–H groups in total. The van der Waals surface area contributed by atoms with Crippen LogP contribution in [-0.2, 0) is 0 Å². The maximum Gasteiger partial charge on any atom is 0.124 e. The molecule has 21 heavy (non-hydrogen) atoms. The topological polar surface area (TPSA) is 18.5 Å². The Morgan fingerprint density at radius 1 is 0.952 bits per heavy atom. The molecule has 0 radical (unpaired) electrons. The van der Waals surface area contributed by atoms with Crippen molar-refractivity contribution >= 4 is 27.5 Å². The van der Waals surface area contributed by atoms with Gasteiger partial charge in [-0.25, -0.2) is 0 Å². The van der Waals surface area contributed by atoms with Crippen molar-refractivity contribution in [3.05, 3.63) is 57.1 Å². The molecule has 2 aromatic carbocycles. The highest BCUT2D eigenvalue weighted by Gasteiger charge is 2.19. The summed E-state index contributed by atoms with van der Waals surface area (Å²) in [5.74, 6) is 1.53. The maximum absolute atomic E-state index is 6.72. The van der Waals surface area contributed by atoms with Crippen molar-refractivity contribution in [2.75, 3.05) is 14.2 Å². The molecule has 0 aliphatic heterocycles. The van der Waals surface area contributed by atoms with Crippen LogP contribution in [-0.4, -0.2) is 14.2 Å². The van der Waals surface area contributed by atoms with E-state index in [1.807, 2.05) is 18.2 Å². The average Bonchev–Trinajstić information content (AvgIpc) is 2.49. The second-order valence-electron chi connectivity index (χ2n) is 4.93. The molecule has 0 bridgehead atoms. The number of aryl methyl sites for hydroxylation is 2. The first-order valence-corrected chi connectivity index (χ1v) is 7.83. The lowest BCUT2D eigenvalue weighted by Crippen LogP contribution is -2.01. The van der Waals surface area contributed by atoms with Gasteiger partial charge < -0.3 is 9.47 Å². The fourth-order valence-electron chi connectivity index (χ4n) is 2.28. The predicted octanol–water partition coefficient (Wildman–Crippen LogP) is 5.41. The molecule has 2 aromatic rings. The number of alkyl halides is 1. The highest BCUT2D eigenvalue weighted by atomic mass is 79.9. The zero-order valence-electron chi connectivity index (χ0n) is 12.5. The summed E-state index contributed by atoms with van der Waals surface area (Å²) in [5.41, 5.74) is 4.27. The molecule has 0 spiro atoms. The lowest BCUT2D eigenvalue weighted by atomic mass is 9.97. The first-order valence-electron chi connectivity index (χ1n) is 6.60. The minimum atomic E-state index is -0.290. The van der Waals surface area contributed by atoms with E-state index < -0.39 is 0 Å². The van der Waals surface area contributed by atoms with Crippen LogP contribution in [0.5, 0.6) is 11.5 Å². The Morgan fingerprint density at radius 2 is 1.67 bits per heavy atom. The average molecular weight is 370 g/mol. The quantitative estimate of drug-likeness (QED) is 0.671. The third-order valence-electron chi connectivity index (χ3n) is 3.53. The summed E-state index contributed by atoms with van der Waals surface area (Å²) in [6.45, 7) is 4.11. The molecule has 2 rings (SSSR count). The van der Waals surface area contributed by atoms with E-state index in [1.54, 1.807) is 14.2 Å². The van der Waals surface area contributed by atoms with Crippen molar-refractivity contribution in [2.24, 2.45) is 0 Å². The standard InChI is InChI=1S/C17H18BrClO2/c1-10-8-15(18)11(2)7-13(10)17(19)14-9-12(20-3)5-6-16(14)21-4/h5-9,17H,1-4H3. The van der Waals surface area contributed by atoms with Gasteiger partial charge in [-0.2, -0.15) is 0 Å². The minimum absolute atomic E-state index is 0.290. The summed E-state index contributed by atoms with van der Waals surface area (Å²) in [7, 11) is 3.29. The van der Waals surface area contributed by atoms with Crippen LogP contribution in [0.25, 0.3) is 0 Å². The summed E-state index contributed by atoms with van der Waals surface area (Å²) in [6.07, 6.45) is 0. The van der Waals surface area contributed by atoms with Gasteiger partial charge in [0, 0.05) is 10.0 Å². The van der Waals surface area contributed by atoms with E-state index in [0.29, 0.717) is 0 Å². The van der Waals surface area contributed by atoms with Gasteiger partial charge in [-0.1, -0.05) is 22.0 Å². The van der Waals surface area contributed by atoms with Crippen LogP contribution in [0.4, 0.5) is 0 Å². The van der Waals surface area contributed by atoms with Crippen LogP contribution in [0.1, 0.15) is 27.6 Å². The number of rotatable bonds is 4. The summed E-state index contributed by atoms with van der Waals surface area (Å²) in [4.78, 5) is 0. The van der Waals surface area contributed by atoms with E-state index in [-0.39, 0.29) is 5.38 Å². The van der Waals surface area contributed by atoms with Gasteiger partial charge >= 0.3 is 0 Å². The molecule has 0 amide bonds. The summed E-state index contributed by atoms with van der Waals surface area (Å²) >= 11 is 10.3. The first-order chi connectivity index (χ1) is 9.97. The smallest absolute Gasteiger partial charge is 0.124 e. The van der Waals surface area contributed by atoms with Crippen molar-refractivity contribution in [1.29, 1.82) is 0 Å². The highest BCUT2D eigenvalue weighted by molar-refractivity contribution is 9.10. The molecule has 1 atom stereocenters. The highest BCUT2D eigenvalue weighted by Crippen LogP contribution is 2.39. The van der Waals surface area contributed by atoms with E-state index >= 15 is 0 Å². The molecule has 0 aliphatic rings. The number of ether oxygens (including phenoxy) is 2. The van der Waals surface area contributed by atoms with Crippen LogP contribution < -0.4 is 9.47 Å². The monoisotopic (exact) mass is 368 g/mol. The zero-order chi connectivity index (χ0) is 15.6. The molecule has 2 nitrogen and oxygen atoms in total. The second-order valence-corrected chi connectivity index (χ2v) is 6.22. The Bertz CT molecular complexity index is 655. The van der Waals surface area contributed by atoms with Crippen molar-refractivity contribution in [1.82, 2.24) is 0 Å². The molecule has 0 aliphatic carbocycles. The van der Waals surface area contributed by atoms with Gasteiger partial charge in [0.2, 0.25) is 0 Å². The van der Waals surface area contributed by atoms with Crippen LogP contribution in [0.15, 0.2) is 34.8 Å². The minimum Gasteiger partial charge on any atom is -0.497 e. The Morgan fingerprint density at radius 3 is 2.29 bits per heavy atom. The van der Waals surface area contributed by atoms with E-state index in [1.165, 1.54) is 0 Å². The fourth-order valence-corrected chi connectivity index (χ4v) is 3.14. The maximum atomic E-state index is 6.72. The number of halogens is 2. The number of benzene rings is 2. The SMILES string of the molecule is COc1ccc(OC)c(C(Cl)c2cc(C)c(Br)cc2C)c1. The van der Waals surface area contributed by atoms with Crippen molar-refractivity contribution < 1.29 is 9.47 Å². The molecule has 0 saturated carbocycles. The zero-order valence-corrected chi connectivity index (χ0v) is 14.9. The Labute approximate surface area is 139 Å². The van der Waals surface area contributed by atoms with E-state index in [9.17, 15) is 0 Å². The molecule has 112 valence electrons. The third kappa shape index (κ3) is 3.35. The van der Waals surface area contributed by atoms with Gasteiger partial charge in [-0.15, -0.1) is 11.6 Å². The molecule has 0 aromatic heterocycles. The van der Waals surface area contributed by atoms with Crippen molar-refractivity contribution in [3.63, 3.8) is 0 Å². The van der Waals surface area contributed by atoms with Gasteiger partial charge in [-0.3, -0.25) is 0 Å². The lowest BCUT2D eigenvalue weighted by molar-refractivity contribution is 0.399. The number of hydrogen-bond acceptors (Lipinski definition) is 2. The number of methoxy groups -OCH3 is 2. The molecular weight excluding hydrogens is 352 g/mol. The largest absolute Gasteiger partial charge is 0.497 e. The van der Waals surface area contributed by atoms with E-state index in [2.05, 4.69) is 41.9 Å². The molecule has 1 unspecified atom stereocenters. The molecule has 0 saturated heterocycles. The third-order valence-corrected chi connectivity index (χ3v) is 4.85. The molecular formula is C17H18BrClO2. The molecule has 0 fully saturated rings. The second kappa shape index (κ2) is 6.71. The summed E-state index contributed by atoms with van der Waals surface area (Å²) in [5, 5.41) is -0.290. The molecule has 0 heterocycles. The van der Waals surface area contributed by atoms with Gasteiger partial charge in [0.15, 0.2) is 0 Å². The van der Waals surface area contributed by atoms with Gasteiger partial charge in [0.25, 0.3) is 0 Å². The van der Waals surface area contributed by atoms with E-state index in [0.717, 1.165) is 38.2 Å². The van der Waals surface area contributed by atoms with Crippen LogP contribution in [0.3, 0.4) is 0 Å². The summed E-state index contributed by atoms with van der Waals surface area (Å²) < 4.78 is 11.8. The Hall–Kier alpha value is -1.19. The Kier molecular flexibility index (Phi) is 5.17. The predicted molar refractivity (Wildman–Crippen MR) is 90.9 cm³/mol. The summed E-state index contributed by atoms with van der Waals surface area (Å²) in [6, 6.07) is 9.87. The Balaban J connectivity index is 2.53.